The molecule has 6 nitrogen and oxygen atoms in total. The highest BCUT2D eigenvalue weighted by Gasteiger charge is 2.61. The first-order valence-corrected chi connectivity index (χ1v) is 10.8. The van der Waals surface area contributed by atoms with Crippen molar-refractivity contribution in [1.29, 1.82) is 10.5 Å². The van der Waals surface area contributed by atoms with Gasteiger partial charge in [-0.2, -0.15) is 15.1 Å². The normalized spacial score (nSPS) is 25.1. The molecule has 0 radical (unpaired) electrons. The summed E-state index contributed by atoms with van der Waals surface area (Å²) in [6.07, 6.45) is 3.55. The third-order valence-corrected chi connectivity index (χ3v) is 6.63. The molecule has 1 fully saturated rings. The van der Waals surface area contributed by atoms with E-state index in [1.807, 2.05) is 72.1 Å². The number of benzene rings is 1. The summed E-state index contributed by atoms with van der Waals surface area (Å²) in [7, 11) is 0. The number of halogens is 1. The van der Waals surface area contributed by atoms with Gasteiger partial charge in [-0.3, -0.25) is 0 Å². The maximum Gasteiger partial charge on any atom is 0.217 e. The van der Waals surface area contributed by atoms with Crippen molar-refractivity contribution in [2.45, 2.75) is 37.5 Å². The van der Waals surface area contributed by atoms with Gasteiger partial charge in [0.15, 0.2) is 11.9 Å². The van der Waals surface area contributed by atoms with Gasteiger partial charge in [0.1, 0.15) is 6.07 Å². The lowest BCUT2D eigenvalue weighted by Crippen LogP contribution is -2.66. The summed E-state index contributed by atoms with van der Waals surface area (Å²) in [5, 5.41) is 44.4. The molecule has 7 heteroatoms. The van der Waals surface area contributed by atoms with Gasteiger partial charge >= 0.3 is 0 Å². The van der Waals surface area contributed by atoms with Crippen LogP contribution in [-0.4, -0.2) is 16.7 Å². The minimum Gasteiger partial charge on any atom is -0.762 e. The zero-order chi connectivity index (χ0) is 22.2. The molecule has 1 aromatic heterocycles. The van der Waals surface area contributed by atoms with Crippen LogP contribution in [0, 0.1) is 35.5 Å². The van der Waals surface area contributed by atoms with Crippen LogP contribution in [0.5, 0.6) is 0 Å². The molecule has 2 aliphatic rings. The number of rotatable bonds is 4. The molecule has 154 valence electrons. The molecular weight excluding hydrogens is 454 g/mol. The SMILES string of the molecule is Cc1cccc[n+]1[C@@H]1[C@@H](c2ccc(Br)cc2)C(C#N)=C(C(=C=[N-])C#N)N[C@@]1(O)C1CC1. The first kappa shape index (κ1) is 21.0. The van der Waals surface area contributed by atoms with Gasteiger partial charge in [0.25, 0.3) is 0 Å². The highest BCUT2D eigenvalue weighted by Crippen LogP contribution is 2.52. The Kier molecular flexibility index (Phi) is 5.52. The fraction of sp³-hybridized carbons (Fsp3) is 0.292. The number of hydrogen-bond acceptors (Lipinski definition) is 4. The van der Waals surface area contributed by atoms with Crippen molar-refractivity contribution < 1.29 is 9.67 Å². The summed E-state index contributed by atoms with van der Waals surface area (Å²) in [4.78, 5) is 0. The molecule has 1 aromatic carbocycles. The van der Waals surface area contributed by atoms with Crippen LogP contribution in [0.25, 0.3) is 5.41 Å². The molecule has 0 bridgehead atoms. The van der Waals surface area contributed by atoms with E-state index < -0.39 is 17.7 Å². The van der Waals surface area contributed by atoms with Gasteiger partial charge in [-0.1, -0.05) is 34.1 Å². The molecule has 1 aliphatic carbocycles. The summed E-state index contributed by atoms with van der Waals surface area (Å²) in [6.45, 7) is 1.96. The molecule has 31 heavy (non-hydrogen) atoms. The van der Waals surface area contributed by atoms with E-state index >= 15 is 0 Å². The number of nitriles is 2. The molecule has 0 spiro atoms. The lowest BCUT2D eigenvalue weighted by atomic mass is 9.73. The van der Waals surface area contributed by atoms with E-state index in [2.05, 4.69) is 27.3 Å². The van der Waals surface area contributed by atoms with Gasteiger partial charge in [0.2, 0.25) is 11.8 Å². The van der Waals surface area contributed by atoms with Crippen LogP contribution in [0.3, 0.4) is 0 Å². The highest BCUT2D eigenvalue weighted by molar-refractivity contribution is 9.10. The van der Waals surface area contributed by atoms with Gasteiger partial charge in [0.05, 0.1) is 28.8 Å². The molecule has 1 aliphatic heterocycles. The Balaban J connectivity index is 2.06. The maximum atomic E-state index is 12.0. The van der Waals surface area contributed by atoms with Crippen molar-refractivity contribution >= 4 is 21.8 Å². The quantitative estimate of drug-likeness (QED) is 0.402. The average Bonchev–Trinajstić information content (AvgIpc) is 3.62. The standard InChI is InChI=1S/C24H20BrN5O/c1-15-4-2-3-11-30(15)23-21(16-5-9-19(25)10-6-16)20(14-28)22(17(12-26)13-27)29-24(23,31)18-7-8-18/h2-6,9-11,18,21,23,29,31H,7-8H2,1H3/t21-,23+,24+/m0/s1. The van der Waals surface area contributed by atoms with Crippen molar-refractivity contribution in [1.82, 2.24) is 5.32 Å². The minimum absolute atomic E-state index is 0.0589. The summed E-state index contributed by atoms with van der Waals surface area (Å²) in [6, 6.07) is 17.0. The van der Waals surface area contributed by atoms with Gasteiger partial charge in [-0.25, -0.2) is 5.87 Å². The van der Waals surface area contributed by atoms with Crippen LogP contribution in [0.2, 0.25) is 0 Å². The second kappa shape index (κ2) is 8.13. The number of pyridine rings is 1. The fourth-order valence-electron chi connectivity index (χ4n) is 4.48. The monoisotopic (exact) mass is 473 g/mol. The number of aromatic nitrogens is 1. The van der Waals surface area contributed by atoms with Crippen molar-refractivity contribution in [3.8, 4) is 12.1 Å². The van der Waals surface area contributed by atoms with E-state index in [0.29, 0.717) is 0 Å². The van der Waals surface area contributed by atoms with Crippen molar-refractivity contribution in [3.63, 3.8) is 0 Å². The molecule has 3 atom stereocenters. The van der Waals surface area contributed by atoms with Crippen molar-refractivity contribution in [3.05, 3.63) is 86.6 Å². The number of allylic oxidation sites excluding steroid dienone is 2. The zero-order valence-corrected chi connectivity index (χ0v) is 18.5. The van der Waals surface area contributed by atoms with Crippen LogP contribution >= 0.6 is 15.9 Å². The van der Waals surface area contributed by atoms with Crippen LogP contribution in [0.4, 0.5) is 0 Å². The van der Waals surface area contributed by atoms with Crippen LogP contribution in [-0.2, 0) is 0 Å². The summed E-state index contributed by atoms with van der Waals surface area (Å²) in [5.41, 5.74) is 0.524. The Morgan fingerprint density at radius 3 is 2.48 bits per heavy atom. The topological polar surface area (TPSA) is 106 Å². The third-order valence-electron chi connectivity index (χ3n) is 6.10. The Hall–Kier alpha value is -3.22. The van der Waals surface area contributed by atoms with E-state index in [0.717, 1.165) is 28.6 Å². The van der Waals surface area contributed by atoms with E-state index in [4.69, 9.17) is 0 Å². The molecule has 0 saturated heterocycles. The second-order valence-electron chi connectivity index (χ2n) is 7.95. The predicted molar refractivity (Wildman–Crippen MR) is 118 cm³/mol. The van der Waals surface area contributed by atoms with Crippen LogP contribution in [0.1, 0.15) is 36.1 Å². The molecular formula is C24H20BrN5O. The van der Waals surface area contributed by atoms with Gasteiger partial charge in [-0.05, 0) is 30.5 Å². The second-order valence-corrected chi connectivity index (χ2v) is 8.86. The first-order valence-electron chi connectivity index (χ1n) is 9.99. The molecule has 0 unspecified atom stereocenters. The van der Waals surface area contributed by atoms with Gasteiger partial charge < -0.3 is 15.8 Å². The molecule has 2 heterocycles. The number of aryl methyl sites for hydroxylation is 1. The highest BCUT2D eigenvalue weighted by atomic mass is 79.9. The van der Waals surface area contributed by atoms with E-state index in [1.54, 1.807) is 0 Å². The molecule has 2 aromatic rings. The number of nitrogens with zero attached hydrogens (tertiary/aromatic N) is 4. The van der Waals surface area contributed by atoms with Crippen LogP contribution in [0.15, 0.2) is 70.0 Å². The van der Waals surface area contributed by atoms with Gasteiger partial charge in [-0.15, -0.1) is 0 Å². The van der Waals surface area contributed by atoms with E-state index in [1.165, 1.54) is 0 Å². The molecule has 2 N–H and O–H groups in total. The Morgan fingerprint density at radius 1 is 1.23 bits per heavy atom. The zero-order valence-electron chi connectivity index (χ0n) is 16.9. The number of hydrogen-bond donors (Lipinski definition) is 2. The van der Waals surface area contributed by atoms with Crippen molar-refractivity contribution in [2.24, 2.45) is 5.92 Å². The van der Waals surface area contributed by atoms with E-state index in [-0.39, 0.29) is 22.8 Å². The van der Waals surface area contributed by atoms with Crippen LogP contribution < -0.4 is 9.88 Å². The smallest absolute Gasteiger partial charge is 0.217 e. The Bertz CT molecular complexity index is 1200. The Labute approximate surface area is 189 Å². The predicted octanol–water partition coefficient (Wildman–Crippen LogP) is 3.54. The number of aliphatic hydroxyl groups is 1. The first-order chi connectivity index (χ1) is 14.9. The fourth-order valence-corrected chi connectivity index (χ4v) is 4.74. The summed E-state index contributed by atoms with van der Waals surface area (Å²) in [5.74, 6) is 1.28. The molecule has 1 saturated carbocycles. The molecule has 4 rings (SSSR count). The lowest BCUT2D eigenvalue weighted by molar-refractivity contribution is -0.747. The lowest BCUT2D eigenvalue weighted by Gasteiger charge is -2.43. The third kappa shape index (κ3) is 3.58. The summed E-state index contributed by atoms with van der Waals surface area (Å²) >= 11 is 3.45. The minimum atomic E-state index is -1.43. The summed E-state index contributed by atoms with van der Waals surface area (Å²) < 4.78 is 2.89. The maximum absolute atomic E-state index is 12.0. The van der Waals surface area contributed by atoms with Crippen molar-refractivity contribution in [2.75, 3.05) is 0 Å². The largest absolute Gasteiger partial charge is 0.762 e. The van der Waals surface area contributed by atoms with Gasteiger partial charge in [0, 0.05) is 29.4 Å². The Morgan fingerprint density at radius 2 is 1.94 bits per heavy atom. The molecule has 0 amide bonds. The van der Waals surface area contributed by atoms with E-state index in [9.17, 15) is 21.0 Å². The number of nitrogens with one attached hydrogen (secondary N) is 1. The average molecular weight is 474 g/mol.